The molecule has 0 bridgehead atoms. The molecule has 19 heavy (non-hydrogen) atoms. The van der Waals surface area contributed by atoms with Gasteiger partial charge in [-0.3, -0.25) is 4.99 Å². The van der Waals surface area contributed by atoms with Crippen LogP contribution in [0.25, 0.3) is 0 Å². The first-order chi connectivity index (χ1) is 7.09. The minimum Gasteiger partial charge on any atom is -0.368 e. The predicted molar refractivity (Wildman–Crippen MR) is 79.7 cm³/mol. The quantitative estimate of drug-likeness (QED) is 0.324. The van der Waals surface area contributed by atoms with Gasteiger partial charge in [0.15, 0.2) is 0 Å². The third-order valence-electron chi connectivity index (χ3n) is 1.74. The molecule has 4 heteroatoms. The summed E-state index contributed by atoms with van der Waals surface area (Å²) in [5.74, 6) is 1.32. The van der Waals surface area contributed by atoms with E-state index >= 15 is 0 Å². The van der Waals surface area contributed by atoms with E-state index in [0.717, 1.165) is 5.84 Å². The van der Waals surface area contributed by atoms with E-state index in [9.17, 15) is 0 Å². The number of nitrogens with zero attached hydrogens (tertiary/aromatic N) is 2. The van der Waals surface area contributed by atoms with E-state index in [1.54, 1.807) is 7.05 Å². The molecule has 0 aromatic heterocycles. The number of amidine groups is 1. The SMILES string of the molecule is [CH2-]C(C)C(=NC)N(C)C.[CH3-].[CH3-].[W].[Y].[c-]1ccccc1. The maximum atomic E-state index is 4.07. The maximum absolute atomic E-state index is 4.07. The summed E-state index contributed by atoms with van der Waals surface area (Å²) >= 11 is 0. The zero-order valence-electron chi connectivity index (χ0n) is 13.1. The fourth-order valence-electron chi connectivity index (χ4n) is 1.20. The van der Waals surface area contributed by atoms with Crippen molar-refractivity contribution in [1.82, 2.24) is 4.90 Å². The standard InChI is InChI=1S/C7H15N2.C6H5.2CH3.W.Y/c1-6(2)7(8-3)9(4)5;1-2-4-6-5-3-1;;;;/h6H,1H2,2-5H3;1-5H;2*1H3;;/q4*-1;;. The molecule has 109 valence electrons. The molecule has 2 nitrogen and oxygen atoms in total. The molecule has 0 N–H and O–H groups in total. The summed E-state index contributed by atoms with van der Waals surface area (Å²) in [5.41, 5.74) is 0. The van der Waals surface area contributed by atoms with Gasteiger partial charge in [-0.25, -0.2) is 0 Å². The van der Waals surface area contributed by atoms with Gasteiger partial charge in [0.2, 0.25) is 0 Å². The molecule has 1 aromatic rings. The van der Waals surface area contributed by atoms with Crippen LogP contribution in [-0.4, -0.2) is 31.9 Å². The number of benzene rings is 1. The van der Waals surface area contributed by atoms with Crippen LogP contribution in [0, 0.1) is 33.8 Å². The van der Waals surface area contributed by atoms with Crippen LogP contribution in [-0.2, 0) is 53.8 Å². The number of hydrogen-bond donors (Lipinski definition) is 0. The van der Waals surface area contributed by atoms with Crippen LogP contribution in [0.1, 0.15) is 6.92 Å². The van der Waals surface area contributed by atoms with Crippen LogP contribution in [0.5, 0.6) is 0 Å². The topological polar surface area (TPSA) is 15.6 Å². The van der Waals surface area contributed by atoms with E-state index in [2.05, 4.69) is 18.0 Å². The van der Waals surface area contributed by atoms with Gasteiger partial charge in [0.05, 0.1) is 5.84 Å². The molecule has 1 radical (unpaired) electrons. The van der Waals surface area contributed by atoms with E-state index in [-0.39, 0.29) is 74.5 Å². The zero-order chi connectivity index (χ0) is 11.7. The van der Waals surface area contributed by atoms with Gasteiger partial charge < -0.3 is 26.7 Å². The van der Waals surface area contributed by atoms with Crippen molar-refractivity contribution in [1.29, 1.82) is 0 Å². The Balaban J connectivity index is -0.0000000589. The van der Waals surface area contributed by atoms with Crippen LogP contribution in [0.3, 0.4) is 0 Å². The Morgan fingerprint density at radius 1 is 1.16 bits per heavy atom. The minimum atomic E-state index is 0. The molecular formula is C15H26N2WY-4. The van der Waals surface area contributed by atoms with Gasteiger partial charge >= 0.3 is 0 Å². The summed E-state index contributed by atoms with van der Waals surface area (Å²) in [5, 5.41) is 0. The van der Waals surface area contributed by atoms with E-state index < -0.39 is 0 Å². The second-order valence-corrected chi connectivity index (χ2v) is 3.45. The second-order valence-electron chi connectivity index (χ2n) is 3.45. The van der Waals surface area contributed by atoms with Gasteiger partial charge in [-0.05, 0) is 0 Å². The Labute approximate surface area is 160 Å². The van der Waals surface area contributed by atoms with Gasteiger partial charge in [0.1, 0.15) is 0 Å². The molecule has 1 unspecified atom stereocenters. The summed E-state index contributed by atoms with van der Waals surface area (Å²) in [6.07, 6.45) is 0. The zero-order valence-corrected chi connectivity index (χ0v) is 18.8. The Morgan fingerprint density at radius 3 is 1.63 bits per heavy atom. The Bertz CT molecular complexity index is 238. The first-order valence-electron chi connectivity index (χ1n) is 4.97. The van der Waals surface area contributed by atoms with Gasteiger partial charge in [-0.15, -0.1) is 5.92 Å². The maximum Gasteiger partial charge on any atom is 0.0705 e. The van der Waals surface area contributed by atoms with Crippen molar-refractivity contribution in [2.75, 3.05) is 21.1 Å². The molecule has 0 aliphatic rings. The monoisotopic (exact) mass is 507 g/mol. The molecular weight excluding hydrogens is 481 g/mol. The van der Waals surface area contributed by atoms with Crippen molar-refractivity contribution in [3.05, 3.63) is 58.2 Å². The van der Waals surface area contributed by atoms with Crippen LogP contribution >= 0.6 is 0 Å². The van der Waals surface area contributed by atoms with Crippen LogP contribution in [0.2, 0.25) is 0 Å². The third kappa shape index (κ3) is 18.5. The summed E-state index contributed by atoms with van der Waals surface area (Å²) in [4.78, 5) is 6.05. The predicted octanol–water partition coefficient (Wildman–Crippen LogP) is 3.43. The first-order valence-corrected chi connectivity index (χ1v) is 4.97. The van der Waals surface area contributed by atoms with E-state index in [0.29, 0.717) is 0 Å². The Morgan fingerprint density at radius 2 is 1.58 bits per heavy atom. The minimum absolute atomic E-state index is 0. The van der Waals surface area contributed by atoms with Gasteiger partial charge in [-0.1, -0.05) is 6.92 Å². The third-order valence-corrected chi connectivity index (χ3v) is 1.74. The van der Waals surface area contributed by atoms with E-state index in [4.69, 9.17) is 0 Å². The van der Waals surface area contributed by atoms with Crippen molar-refractivity contribution in [2.45, 2.75) is 6.92 Å². The van der Waals surface area contributed by atoms with Crippen molar-refractivity contribution >= 4 is 5.84 Å². The van der Waals surface area contributed by atoms with Crippen molar-refractivity contribution in [3.8, 4) is 0 Å². The molecule has 0 heterocycles. The number of rotatable bonds is 1. The summed E-state index contributed by atoms with van der Waals surface area (Å²) in [6.45, 7) is 5.89. The largest absolute Gasteiger partial charge is 0.368 e. The Hall–Kier alpha value is 0.482. The van der Waals surface area contributed by atoms with Crippen molar-refractivity contribution in [3.63, 3.8) is 0 Å². The average Bonchev–Trinajstić information content (AvgIpc) is 2.21. The summed E-state index contributed by atoms with van der Waals surface area (Å²) in [6, 6.07) is 12.5. The molecule has 0 spiro atoms. The van der Waals surface area contributed by atoms with Gasteiger partial charge in [0.25, 0.3) is 0 Å². The van der Waals surface area contributed by atoms with Crippen molar-refractivity contribution < 1.29 is 53.8 Å². The van der Waals surface area contributed by atoms with Gasteiger partial charge in [0, 0.05) is 74.9 Å². The molecule has 1 aromatic carbocycles. The van der Waals surface area contributed by atoms with E-state index in [1.807, 2.05) is 56.3 Å². The van der Waals surface area contributed by atoms with Crippen LogP contribution in [0.15, 0.2) is 35.3 Å². The first kappa shape index (κ1) is 31.7. The molecule has 0 aliphatic heterocycles. The normalized spacial score (nSPS) is 9.84. The van der Waals surface area contributed by atoms with Crippen molar-refractivity contribution in [2.24, 2.45) is 10.9 Å². The van der Waals surface area contributed by atoms with E-state index in [1.165, 1.54) is 0 Å². The number of aliphatic imine (C=N–C) groups is 1. The molecule has 0 saturated carbocycles. The molecule has 0 aliphatic carbocycles. The Kier molecular flexibility index (Phi) is 34.7. The second kappa shape index (κ2) is 20.8. The smallest absolute Gasteiger partial charge is 0.0705 e. The molecule has 1 rings (SSSR count). The molecule has 0 fully saturated rings. The molecule has 0 amide bonds. The van der Waals surface area contributed by atoms with Gasteiger partial charge in [-0.2, -0.15) is 36.4 Å². The fraction of sp³-hybridized carbons (Fsp3) is 0.333. The number of hydrogen-bond acceptors (Lipinski definition) is 1. The van der Waals surface area contributed by atoms with Crippen LogP contribution in [0.4, 0.5) is 0 Å². The van der Waals surface area contributed by atoms with Crippen LogP contribution < -0.4 is 0 Å². The summed E-state index contributed by atoms with van der Waals surface area (Å²) < 4.78 is 0. The molecule has 0 saturated heterocycles. The summed E-state index contributed by atoms with van der Waals surface area (Å²) in [7, 11) is 5.74. The average molecular weight is 507 g/mol. The fourth-order valence-corrected chi connectivity index (χ4v) is 1.20. The molecule has 1 atom stereocenters.